The Morgan fingerprint density at radius 1 is 1.30 bits per heavy atom. The van der Waals surface area contributed by atoms with E-state index in [1.165, 1.54) is 0 Å². The van der Waals surface area contributed by atoms with Gasteiger partial charge in [-0.2, -0.15) is 0 Å². The van der Waals surface area contributed by atoms with Crippen LogP contribution in [0.25, 0.3) is 0 Å². The van der Waals surface area contributed by atoms with Gasteiger partial charge in [-0.05, 0) is 37.9 Å². The number of hydrogen-bond acceptors (Lipinski definition) is 4. The maximum atomic E-state index is 11.6. The number of nitrogens with one attached hydrogen (secondary N) is 1. The van der Waals surface area contributed by atoms with E-state index >= 15 is 0 Å². The molecule has 0 unspecified atom stereocenters. The van der Waals surface area contributed by atoms with E-state index in [4.69, 9.17) is 5.73 Å². The predicted octanol–water partition coefficient (Wildman–Crippen LogP) is 2.39. The molecule has 1 heterocycles. The van der Waals surface area contributed by atoms with Crippen LogP contribution in [0.5, 0.6) is 0 Å². The summed E-state index contributed by atoms with van der Waals surface area (Å²) >= 11 is 0. The molecule has 0 aliphatic carbocycles. The first-order chi connectivity index (χ1) is 9.71. The second-order valence-electron chi connectivity index (χ2n) is 4.83. The number of aromatic nitrogens is 1. The lowest BCUT2D eigenvalue weighted by Crippen LogP contribution is -2.25. The summed E-state index contributed by atoms with van der Waals surface area (Å²) in [6.45, 7) is 6.86. The van der Waals surface area contributed by atoms with Crippen molar-refractivity contribution in [3.05, 3.63) is 18.3 Å². The summed E-state index contributed by atoms with van der Waals surface area (Å²) < 4.78 is 0. The summed E-state index contributed by atoms with van der Waals surface area (Å²) in [5.74, 6) is 0.956. The van der Waals surface area contributed by atoms with Crippen LogP contribution < -0.4 is 16.0 Å². The first-order valence-electron chi connectivity index (χ1n) is 7.42. The molecule has 20 heavy (non-hydrogen) atoms. The van der Waals surface area contributed by atoms with Crippen LogP contribution >= 0.6 is 0 Å². The van der Waals surface area contributed by atoms with Crippen LogP contribution in [0.3, 0.4) is 0 Å². The van der Waals surface area contributed by atoms with E-state index in [2.05, 4.69) is 29.0 Å². The summed E-state index contributed by atoms with van der Waals surface area (Å²) in [6, 6.07) is 3.87. The Hall–Kier alpha value is -1.62. The van der Waals surface area contributed by atoms with Crippen LogP contribution in [0.2, 0.25) is 0 Å². The third kappa shape index (κ3) is 5.57. The molecule has 1 rings (SSSR count). The van der Waals surface area contributed by atoms with Crippen molar-refractivity contribution in [1.82, 2.24) is 4.98 Å². The quantitative estimate of drug-likeness (QED) is 0.727. The molecule has 0 radical (unpaired) electrons. The molecule has 0 aliphatic rings. The Kier molecular flexibility index (Phi) is 7.65. The number of rotatable bonds is 9. The van der Waals surface area contributed by atoms with Gasteiger partial charge in [-0.25, -0.2) is 4.98 Å². The number of anilines is 2. The molecule has 0 aromatic carbocycles. The molecular weight excluding hydrogens is 252 g/mol. The van der Waals surface area contributed by atoms with E-state index in [0.717, 1.165) is 37.4 Å². The zero-order valence-electron chi connectivity index (χ0n) is 12.6. The van der Waals surface area contributed by atoms with Crippen molar-refractivity contribution < 1.29 is 4.79 Å². The summed E-state index contributed by atoms with van der Waals surface area (Å²) in [4.78, 5) is 18.3. The van der Waals surface area contributed by atoms with E-state index in [1.807, 2.05) is 12.1 Å². The van der Waals surface area contributed by atoms with Crippen molar-refractivity contribution in [3.63, 3.8) is 0 Å². The van der Waals surface area contributed by atoms with Gasteiger partial charge in [0.1, 0.15) is 5.82 Å². The molecule has 3 N–H and O–H groups in total. The highest BCUT2D eigenvalue weighted by Crippen LogP contribution is 2.15. The molecular formula is C15H26N4O. The van der Waals surface area contributed by atoms with Crippen LogP contribution in [0.1, 0.15) is 39.5 Å². The highest BCUT2D eigenvalue weighted by atomic mass is 16.1. The van der Waals surface area contributed by atoms with Crippen LogP contribution in [0.15, 0.2) is 18.3 Å². The van der Waals surface area contributed by atoms with Gasteiger partial charge in [-0.3, -0.25) is 4.79 Å². The lowest BCUT2D eigenvalue weighted by molar-refractivity contribution is -0.116. The van der Waals surface area contributed by atoms with Crippen molar-refractivity contribution >= 4 is 17.4 Å². The number of hydrogen-bond donors (Lipinski definition) is 2. The lowest BCUT2D eigenvalue weighted by Gasteiger charge is -2.22. The number of carbonyl (C=O) groups is 1. The standard InChI is InChI=1S/C15H26N4O/c1-3-10-19(11-4-2)14-8-7-13(12-17-14)18-15(20)6-5-9-16/h7-8,12H,3-6,9-11,16H2,1-2H3,(H,18,20). The fraction of sp³-hybridized carbons (Fsp3) is 0.600. The van der Waals surface area contributed by atoms with E-state index in [1.54, 1.807) is 6.20 Å². The van der Waals surface area contributed by atoms with Crippen LogP contribution in [-0.2, 0) is 4.79 Å². The smallest absolute Gasteiger partial charge is 0.224 e. The van der Waals surface area contributed by atoms with Gasteiger partial charge in [-0.1, -0.05) is 13.8 Å². The molecule has 0 spiro atoms. The number of amides is 1. The van der Waals surface area contributed by atoms with Gasteiger partial charge in [0.2, 0.25) is 5.91 Å². The molecule has 5 heteroatoms. The van der Waals surface area contributed by atoms with E-state index < -0.39 is 0 Å². The predicted molar refractivity (Wildman–Crippen MR) is 84.0 cm³/mol. The summed E-state index contributed by atoms with van der Waals surface area (Å²) in [5.41, 5.74) is 6.12. The molecule has 112 valence electrons. The third-order valence-corrected chi connectivity index (χ3v) is 2.95. The Bertz CT molecular complexity index is 385. The number of carbonyl (C=O) groups excluding carboxylic acids is 1. The van der Waals surface area contributed by atoms with Gasteiger partial charge < -0.3 is 16.0 Å². The van der Waals surface area contributed by atoms with Crippen molar-refractivity contribution in [3.8, 4) is 0 Å². The van der Waals surface area contributed by atoms with Crippen LogP contribution in [-0.4, -0.2) is 30.5 Å². The Morgan fingerprint density at radius 2 is 2.00 bits per heavy atom. The molecule has 0 bridgehead atoms. The van der Waals surface area contributed by atoms with Gasteiger partial charge in [0, 0.05) is 19.5 Å². The van der Waals surface area contributed by atoms with Crippen molar-refractivity contribution in [2.24, 2.45) is 5.73 Å². The fourth-order valence-electron chi connectivity index (χ4n) is 2.01. The van der Waals surface area contributed by atoms with Crippen molar-refractivity contribution in [2.45, 2.75) is 39.5 Å². The monoisotopic (exact) mass is 278 g/mol. The molecule has 0 fully saturated rings. The zero-order valence-corrected chi connectivity index (χ0v) is 12.6. The van der Waals surface area contributed by atoms with Crippen LogP contribution in [0, 0.1) is 0 Å². The van der Waals surface area contributed by atoms with E-state index in [0.29, 0.717) is 19.4 Å². The Morgan fingerprint density at radius 3 is 2.50 bits per heavy atom. The third-order valence-electron chi connectivity index (χ3n) is 2.95. The lowest BCUT2D eigenvalue weighted by atomic mass is 10.3. The highest BCUT2D eigenvalue weighted by Gasteiger charge is 2.07. The van der Waals surface area contributed by atoms with Crippen LogP contribution in [0.4, 0.5) is 11.5 Å². The molecule has 0 saturated heterocycles. The second kappa shape index (κ2) is 9.31. The average Bonchev–Trinajstić information content (AvgIpc) is 2.46. The average molecular weight is 278 g/mol. The molecule has 0 aliphatic heterocycles. The van der Waals surface area contributed by atoms with Gasteiger partial charge in [-0.15, -0.1) is 0 Å². The van der Waals surface area contributed by atoms with Gasteiger partial charge >= 0.3 is 0 Å². The van der Waals surface area contributed by atoms with E-state index in [9.17, 15) is 4.79 Å². The van der Waals surface area contributed by atoms with Gasteiger partial charge in [0.25, 0.3) is 0 Å². The number of nitrogens with two attached hydrogens (primary N) is 1. The van der Waals surface area contributed by atoms with Crippen molar-refractivity contribution in [1.29, 1.82) is 0 Å². The second-order valence-corrected chi connectivity index (χ2v) is 4.83. The zero-order chi connectivity index (χ0) is 14.8. The maximum Gasteiger partial charge on any atom is 0.224 e. The number of nitrogens with zero attached hydrogens (tertiary/aromatic N) is 2. The summed E-state index contributed by atoms with van der Waals surface area (Å²) in [5, 5.41) is 2.83. The minimum Gasteiger partial charge on any atom is -0.357 e. The summed E-state index contributed by atoms with van der Waals surface area (Å²) in [6.07, 6.45) is 5.07. The first-order valence-corrected chi connectivity index (χ1v) is 7.42. The van der Waals surface area contributed by atoms with Gasteiger partial charge in [0.05, 0.1) is 11.9 Å². The first kappa shape index (κ1) is 16.4. The molecule has 1 aromatic heterocycles. The van der Waals surface area contributed by atoms with Crippen molar-refractivity contribution in [2.75, 3.05) is 29.9 Å². The van der Waals surface area contributed by atoms with Gasteiger partial charge in [0.15, 0.2) is 0 Å². The SMILES string of the molecule is CCCN(CCC)c1ccc(NC(=O)CCCN)cn1. The minimum absolute atomic E-state index is 0.0102. The molecule has 1 amide bonds. The fourth-order valence-corrected chi connectivity index (χ4v) is 2.01. The summed E-state index contributed by atoms with van der Waals surface area (Å²) in [7, 11) is 0. The largest absolute Gasteiger partial charge is 0.357 e. The minimum atomic E-state index is -0.0102. The highest BCUT2D eigenvalue weighted by molar-refractivity contribution is 5.90. The Labute approximate surface area is 121 Å². The van der Waals surface area contributed by atoms with E-state index in [-0.39, 0.29) is 5.91 Å². The normalized spacial score (nSPS) is 10.3. The maximum absolute atomic E-state index is 11.6. The topological polar surface area (TPSA) is 71.2 Å². The number of pyridine rings is 1. The molecule has 5 nitrogen and oxygen atoms in total. The Balaban J connectivity index is 2.60. The molecule has 0 atom stereocenters. The molecule has 1 aromatic rings. The molecule has 0 saturated carbocycles.